The van der Waals surface area contributed by atoms with E-state index in [2.05, 4.69) is 10.2 Å². The molecule has 3 heterocycles. The summed E-state index contributed by atoms with van der Waals surface area (Å²) in [6, 6.07) is 0. The van der Waals surface area contributed by atoms with Gasteiger partial charge in [-0.15, -0.1) is 21.5 Å². The molecule has 17 heavy (non-hydrogen) atoms. The fourth-order valence-electron chi connectivity index (χ4n) is 2.63. The van der Waals surface area contributed by atoms with Crippen molar-refractivity contribution in [3.63, 3.8) is 0 Å². The second-order valence-electron chi connectivity index (χ2n) is 4.40. The van der Waals surface area contributed by atoms with Gasteiger partial charge in [-0.25, -0.2) is 0 Å². The summed E-state index contributed by atoms with van der Waals surface area (Å²) in [5, 5.41) is 7.94. The van der Waals surface area contributed by atoms with Crippen LogP contribution in [0.15, 0.2) is 11.1 Å². The van der Waals surface area contributed by atoms with Gasteiger partial charge in [0.05, 0.1) is 0 Å². The molecule has 3 aromatic rings. The summed E-state index contributed by atoms with van der Waals surface area (Å²) < 4.78 is 3.75. The van der Waals surface area contributed by atoms with Crippen LogP contribution in [0.3, 0.4) is 0 Å². The molecule has 0 N–H and O–H groups in total. The lowest BCUT2D eigenvalue weighted by atomic mass is 10.2. The van der Waals surface area contributed by atoms with Crippen LogP contribution in [0.1, 0.15) is 16.9 Å². The maximum atomic E-state index is 12.4. The van der Waals surface area contributed by atoms with Crippen molar-refractivity contribution in [3.05, 3.63) is 27.0 Å². The van der Waals surface area contributed by atoms with Crippen molar-refractivity contribution in [2.75, 3.05) is 0 Å². The van der Waals surface area contributed by atoms with Gasteiger partial charge < -0.3 is 4.57 Å². The number of nitrogens with zero attached hydrogens (tertiary/aromatic N) is 4. The molecule has 86 valence electrons. The first-order valence-electron chi connectivity index (χ1n) is 5.60. The topological polar surface area (TPSA) is 52.2 Å². The Morgan fingerprint density at radius 3 is 3.18 bits per heavy atom. The third-order valence-electron chi connectivity index (χ3n) is 3.46. The molecule has 0 bridgehead atoms. The molecular weight excluding hydrogens is 236 g/mol. The van der Waals surface area contributed by atoms with E-state index < -0.39 is 0 Å². The van der Waals surface area contributed by atoms with E-state index in [1.807, 2.05) is 16.0 Å². The molecule has 5 nitrogen and oxygen atoms in total. The van der Waals surface area contributed by atoms with Gasteiger partial charge in [-0.2, -0.15) is 0 Å². The highest BCUT2D eigenvalue weighted by Gasteiger charge is 2.22. The number of aromatic nitrogens is 4. The van der Waals surface area contributed by atoms with E-state index in [0.29, 0.717) is 0 Å². The van der Waals surface area contributed by atoms with Crippen molar-refractivity contribution in [1.29, 1.82) is 0 Å². The number of hydrogen-bond acceptors (Lipinski definition) is 4. The molecule has 0 saturated heterocycles. The molecule has 0 radical (unpaired) electrons. The van der Waals surface area contributed by atoms with Crippen LogP contribution in [0.25, 0.3) is 16.1 Å². The van der Waals surface area contributed by atoms with E-state index in [4.69, 9.17) is 0 Å². The number of imidazole rings is 1. The van der Waals surface area contributed by atoms with Gasteiger partial charge in [-0.1, -0.05) is 0 Å². The van der Waals surface area contributed by atoms with E-state index in [0.717, 1.165) is 41.0 Å². The first-order valence-corrected chi connectivity index (χ1v) is 6.42. The Kier molecular flexibility index (Phi) is 1.62. The van der Waals surface area contributed by atoms with Crippen molar-refractivity contribution >= 4 is 27.5 Å². The Bertz CT molecular complexity index is 810. The Morgan fingerprint density at radius 2 is 2.29 bits per heavy atom. The maximum absolute atomic E-state index is 12.4. The Labute approximate surface area is 100 Å². The first-order chi connectivity index (χ1) is 8.27. The van der Waals surface area contributed by atoms with Crippen LogP contribution in [0.4, 0.5) is 0 Å². The van der Waals surface area contributed by atoms with Gasteiger partial charge in [-0.3, -0.25) is 9.20 Å². The normalized spacial score (nSPS) is 14.9. The van der Waals surface area contributed by atoms with Gasteiger partial charge in [-0.05, 0) is 19.3 Å². The zero-order valence-corrected chi connectivity index (χ0v) is 10.1. The molecule has 0 amide bonds. The second-order valence-corrected chi connectivity index (χ2v) is 5.48. The molecule has 0 atom stereocenters. The van der Waals surface area contributed by atoms with Gasteiger partial charge in [0, 0.05) is 17.5 Å². The molecule has 0 fully saturated rings. The third kappa shape index (κ3) is 1.01. The van der Waals surface area contributed by atoms with Crippen LogP contribution in [0.2, 0.25) is 0 Å². The highest BCUT2D eigenvalue weighted by molar-refractivity contribution is 7.18. The maximum Gasteiger partial charge on any atom is 0.236 e. The van der Waals surface area contributed by atoms with Gasteiger partial charge >= 0.3 is 0 Å². The van der Waals surface area contributed by atoms with Crippen LogP contribution in [0, 0.1) is 0 Å². The minimum absolute atomic E-state index is 0.180. The molecule has 1 aliphatic carbocycles. The standard InChI is InChI=1S/C11H10N4OS/c1-14-8-9(16)6-3-2-4-7(6)17-10(8)15-5-12-13-11(14)15/h5H,2-4H2,1H3. The number of hydrogen-bond donors (Lipinski definition) is 0. The monoisotopic (exact) mass is 246 g/mol. The Hall–Kier alpha value is -1.69. The zero-order valence-electron chi connectivity index (χ0n) is 9.30. The summed E-state index contributed by atoms with van der Waals surface area (Å²) in [6.45, 7) is 0. The van der Waals surface area contributed by atoms with Gasteiger partial charge in [0.2, 0.25) is 11.2 Å². The van der Waals surface area contributed by atoms with E-state index in [9.17, 15) is 4.79 Å². The molecule has 0 aliphatic heterocycles. The van der Waals surface area contributed by atoms with Crippen LogP contribution in [0.5, 0.6) is 0 Å². The van der Waals surface area contributed by atoms with E-state index in [1.54, 1.807) is 17.7 Å². The van der Waals surface area contributed by atoms with E-state index in [1.165, 1.54) is 4.88 Å². The average molecular weight is 246 g/mol. The number of fused-ring (bicyclic) bond motifs is 4. The summed E-state index contributed by atoms with van der Waals surface area (Å²) >= 11 is 1.71. The van der Waals surface area contributed by atoms with Gasteiger partial charge in [0.25, 0.3) is 0 Å². The SMILES string of the molecule is Cn1c2c(=O)c3c(sc2n2cnnc12)CCC3. The smallest absolute Gasteiger partial charge is 0.236 e. The molecule has 6 heteroatoms. The van der Waals surface area contributed by atoms with Crippen LogP contribution >= 0.6 is 11.3 Å². The molecule has 4 rings (SSSR count). The lowest BCUT2D eigenvalue weighted by Crippen LogP contribution is -2.10. The minimum Gasteiger partial charge on any atom is -0.307 e. The predicted octanol–water partition coefficient (Wildman–Crippen LogP) is 1.13. The fraction of sp³-hybridized carbons (Fsp3) is 0.364. The Balaban J connectivity index is 2.34. The summed E-state index contributed by atoms with van der Waals surface area (Å²) in [5.74, 6) is 0.733. The fourth-order valence-corrected chi connectivity index (χ4v) is 3.99. The Morgan fingerprint density at radius 1 is 1.41 bits per heavy atom. The number of rotatable bonds is 0. The van der Waals surface area contributed by atoms with Crippen molar-refractivity contribution < 1.29 is 0 Å². The summed E-state index contributed by atoms with van der Waals surface area (Å²) in [6.07, 6.45) is 4.73. The third-order valence-corrected chi connectivity index (χ3v) is 4.74. The highest BCUT2D eigenvalue weighted by Crippen LogP contribution is 2.29. The first kappa shape index (κ1) is 9.35. The molecular formula is C11H10N4OS. The largest absolute Gasteiger partial charge is 0.307 e. The predicted molar refractivity (Wildman–Crippen MR) is 65.6 cm³/mol. The van der Waals surface area contributed by atoms with Crippen LogP contribution < -0.4 is 5.43 Å². The van der Waals surface area contributed by atoms with Crippen LogP contribution in [-0.4, -0.2) is 19.2 Å². The summed E-state index contributed by atoms with van der Waals surface area (Å²) in [7, 11) is 1.88. The summed E-state index contributed by atoms with van der Waals surface area (Å²) in [4.78, 5) is 14.6. The van der Waals surface area contributed by atoms with Crippen molar-refractivity contribution in [2.45, 2.75) is 19.3 Å². The van der Waals surface area contributed by atoms with Gasteiger partial charge in [0.1, 0.15) is 16.7 Å². The quantitative estimate of drug-likeness (QED) is 0.597. The van der Waals surface area contributed by atoms with Crippen molar-refractivity contribution in [1.82, 2.24) is 19.2 Å². The van der Waals surface area contributed by atoms with Crippen LogP contribution in [-0.2, 0) is 19.9 Å². The molecule has 0 unspecified atom stereocenters. The molecule has 0 saturated carbocycles. The lowest BCUT2D eigenvalue weighted by molar-refractivity contribution is 0.910. The molecule has 0 aromatic carbocycles. The van der Waals surface area contributed by atoms with Crippen molar-refractivity contribution in [3.8, 4) is 0 Å². The van der Waals surface area contributed by atoms with E-state index >= 15 is 0 Å². The second kappa shape index (κ2) is 2.95. The number of aryl methyl sites for hydroxylation is 2. The van der Waals surface area contributed by atoms with E-state index in [-0.39, 0.29) is 5.43 Å². The van der Waals surface area contributed by atoms with Gasteiger partial charge in [0.15, 0.2) is 0 Å². The molecule has 0 spiro atoms. The summed E-state index contributed by atoms with van der Waals surface area (Å²) in [5.41, 5.74) is 1.96. The zero-order chi connectivity index (χ0) is 11.6. The minimum atomic E-state index is 0.180. The average Bonchev–Trinajstić information content (AvgIpc) is 2.99. The van der Waals surface area contributed by atoms with Crippen molar-refractivity contribution in [2.24, 2.45) is 7.05 Å². The molecule has 1 aliphatic rings. The highest BCUT2D eigenvalue weighted by atomic mass is 32.1. The lowest BCUT2D eigenvalue weighted by Gasteiger charge is -1.98. The molecule has 3 aromatic heterocycles.